The molecule has 1 aromatic carbocycles. The summed E-state index contributed by atoms with van der Waals surface area (Å²) in [5.74, 6) is 0.475. The van der Waals surface area contributed by atoms with Crippen LogP contribution < -0.4 is 9.46 Å². The second-order valence-corrected chi connectivity index (χ2v) is 9.87. The quantitative estimate of drug-likeness (QED) is 0.547. The smallest absolute Gasteiger partial charge is 0.311 e. The zero-order valence-corrected chi connectivity index (χ0v) is 18.5. The van der Waals surface area contributed by atoms with Gasteiger partial charge in [-0.1, -0.05) is 12.1 Å². The van der Waals surface area contributed by atoms with E-state index >= 15 is 0 Å². The van der Waals surface area contributed by atoms with Gasteiger partial charge in [0.1, 0.15) is 9.96 Å². The molecule has 2 aromatic heterocycles. The maximum absolute atomic E-state index is 12.7. The number of aromatic nitrogens is 2. The van der Waals surface area contributed by atoms with Crippen LogP contribution >= 0.6 is 11.3 Å². The van der Waals surface area contributed by atoms with Crippen LogP contribution in [-0.2, 0) is 16.6 Å². The maximum atomic E-state index is 12.7. The summed E-state index contributed by atoms with van der Waals surface area (Å²) in [5.41, 5.74) is 1.27. The summed E-state index contributed by atoms with van der Waals surface area (Å²) < 4.78 is 38.9. The van der Waals surface area contributed by atoms with Crippen LogP contribution in [0.3, 0.4) is 0 Å². The number of carbonyl (C=O) groups excluding carboxylic acids is 1. The summed E-state index contributed by atoms with van der Waals surface area (Å²) in [4.78, 5) is 14.0. The molecule has 11 heteroatoms. The Labute approximate surface area is 184 Å². The first-order chi connectivity index (χ1) is 15.0. The molecule has 1 saturated heterocycles. The number of benzene rings is 1. The lowest BCUT2D eigenvalue weighted by atomic mass is 10.2. The molecule has 3 heterocycles. The Balaban J connectivity index is 1.42. The highest BCUT2D eigenvalue weighted by molar-refractivity contribution is 7.91. The molecule has 1 amide bonds. The SMILES string of the molecule is CCOc1ccc(CNS(=O)(=O)c2cc(-c3nnc(C(=O)N4CCCC4)o3)cs2)cc1. The third kappa shape index (κ3) is 4.94. The van der Waals surface area contributed by atoms with E-state index in [1.54, 1.807) is 22.4 Å². The fraction of sp³-hybridized carbons (Fsp3) is 0.350. The van der Waals surface area contributed by atoms with Crippen LogP contribution in [0.5, 0.6) is 5.75 Å². The summed E-state index contributed by atoms with van der Waals surface area (Å²) in [5, 5.41) is 9.35. The fourth-order valence-electron chi connectivity index (χ4n) is 3.17. The van der Waals surface area contributed by atoms with Gasteiger partial charge in [0.2, 0.25) is 15.9 Å². The number of amides is 1. The zero-order chi connectivity index (χ0) is 21.8. The van der Waals surface area contributed by atoms with Crippen molar-refractivity contribution in [2.45, 2.75) is 30.5 Å². The van der Waals surface area contributed by atoms with E-state index in [-0.39, 0.29) is 28.4 Å². The summed E-state index contributed by atoms with van der Waals surface area (Å²) in [6.45, 7) is 3.98. The van der Waals surface area contributed by atoms with Crippen molar-refractivity contribution in [1.29, 1.82) is 0 Å². The molecule has 1 fully saturated rings. The topological polar surface area (TPSA) is 115 Å². The molecular weight excluding hydrogens is 440 g/mol. The minimum absolute atomic E-state index is 0.0823. The molecular formula is C20H22N4O5S2. The van der Waals surface area contributed by atoms with E-state index in [0.717, 1.165) is 35.5 Å². The van der Waals surface area contributed by atoms with Crippen LogP contribution in [0.1, 0.15) is 36.0 Å². The van der Waals surface area contributed by atoms with Gasteiger partial charge in [0.15, 0.2) is 0 Å². The second kappa shape index (κ2) is 9.16. The lowest BCUT2D eigenvalue weighted by molar-refractivity contribution is 0.0754. The molecule has 1 aliphatic heterocycles. The number of rotatable bonds is 8. The number of likely N-dealkylation sites (tertiary alicyclic amines) is 1. The lowest BCUT2D eigenvalue weighted by Gasteiger charge is -2.11. The molecule has 31 heavy (non-hydrogen) atoms. The molecule has 164 valence electrons. The van der Waals surface area contributed by atoms with Gasteiger partial charge < -0.3 is 14.1 Å². The number of thiophene rings is 1. The normalized spacial score (nSPS) is 14.2. The van der Waals surface area contributed by atoms with Crippen LogP contribution in [0.4, 0.5) is 0 Å². The third-order valence-electron chi connectivity index (χ3n) is 4.79. The van der Waals surface area contributed by atoms with Gasteiger partial charge in [0.05, 0.1) is 12.2 Å². The Morgan fingerprint density at radius 2 is 1.97 bits per heavy atom. The van der Waals surface area contributed by atoms with Gasteiger partial charge in [0, 0.05) is 25.0 Å². The van der Waals surface area contributed by atoms with Crippen LogP contribution in [-0.4, -0.2) is 49.1 Å². The van der Waals surface area contributed by atoms with Crippen LogP contribution in [0.2, 0.25) is 0 Å². The Bertz CT molecular complexity index is 1150. The highest BCUT2D eigenvalue weighted by Gasteiger charge is 2.25. The van der Waals surface area contributed by atoms with Gasteiger partial charge in [-0.25, -0.2) is 13.1 Å². The third-order valence-corrected chi connectivity index (χ3v) is 7.63. The predicted octanol–water partition coefficient (Wildman–Crippen LogP) is 2.91. The number of ether oxygens (including phenoxy) is 1. The van der Waals surface area contributed by atoms with Crippen molar-refractivity contribution in [2.24, 2.45) is 0 Å². The second-order valence-electron chi connectivity index (χ2n) is 6.97. The molecule has 0 saturated carbocycles. The number of sulfonamides is 1. The molecule has 9 nitrogen and oxygen atoms in total. The van der Waals surface area contributed by atoms with Crippen molar-refractivity contribution in [3.63, 3.8) is 0 Å². The molecule has 1 N–H and O–H groups in total. The predicted molar refractivity (Wildman–Crippen MR) is 114 cm³/mol. The molecule has 0 bridgehead atoms. The number of nitrogens with one attached hydrogen (secondary N) is 1. The Hall–Kier alpha value is -2.76. The fourth-order valence-corrected chi connectivity index (χ4v) is 5.39. The molecule has 0 radical (unpaired) electrons. The van der Waals surface area contributed by atoms with Gasteiger partial charge in [-0.3, -0.25) is 4.79 Å². The monoisotopic (exact) mass is 462 g/mol. The van der Waals surface area contributed by atoms with Gasteiger partial charge in [-0.2, -0.15) is 0 Å². The first-order valence-electron chi connectivity index (χ1n) is 9.89. The average molecular weight is 463 g/mol. The van der Waals surface area contributed by atoms with Gasteiger partial charge >= 0.3 is 11.8 Å². The zero-order valence-electron chi connectivity index (χ0n) is 16.9. The summed E-state index contributed by atoms with van der Waals surface area (Å²) in [6, 6.07) is 8.68. The van der Waals surface area contributed by atoms with E-state index < -0.39 is 10.0 Å². The summed E-state index contributed by atoms with van der Waals surface area (Å²) in [6.07, 6.45) is 1.92. The first-order valence-corrected chi connectivity index (χ1v) is 12.3. The van der Waals surface area contributed by atoms with Crippen molar-refractivity contribution < 1.29 is 22.4 Å². The van der Waals surface area contributed by atoms with Crippen molar-refractivity contribution >= 4 is 27.3 Å². The average Bonchev–Trinajstić information content (AvgIpc) is 3.54. The summed E-state index contributed by atoms with van der Waals surface area (Å²) >= 11 is 1.04. The molecule has 0 aliphatic carbocycles. The standard InChI is InChI=1S/C20H22N4O5S2/c1-2-28-16-7-5-14(6-8-16)12-21-31(26,27)17-11-15(13-30-17)18-22-23-19(29-18)20(25)24-9-3-4-10-24/h5-8,11,13,21H,2-4,9-10,12H2,1H3. The number of hydrogen-bond acceptors (Lipinski definition) is 8. The number of hydrogen-bond donors (Lipinski definition) is 1. The van der Waals surface area contributed by atoms with Crippen molar-refractivity contribution in [1.82, 2.24) is 19.8 Å². The first kappa shape index (κ1) is 21.5. The van der Waals surface area contributed by atoms with Crippen LogP contribution in [0.15, 0.2) is 44.3 Å². The van der Waals surface area contributed by atoms with Crippen LogP contribution in [0.25, 0.3) is 11.5 Å². The molecule has 0 atom stereocenters. The van der Waals surface area contributed by atoms with E-state index in [1.165, 1.54) is 6.07 Å². The van der Waals surface area contributed by atoms with Gasteiger partial charge in [-0.15, -0.1) is 21.5 Å². The van der Waals surface area contributed by atoms with Crippen LogP contribution in [0, 0.1) is 0 Å². The molecule has 0 unspecified atom stereocenters. The summed E-state index contributed by atoms with van der Waals surface area (Å²) in [7, 11) is -3.72. The highest BCUT2D eigenvalue weighted by Crippen LogP contribution is 2.28. The largest absolute Gasteiger partial charge is 0.494 e. The lowest BCUT2D eigenvalue weighted by Crippen LogP contribution is -2.27. The molecule has 0 spiro atoms. The van der Waals surface area contributed by atoms with Crippen molar-refractivity contribution in [3.05, 3.63) is 47.2 Å². The van der Waals surface area contributed by atoms with E-state index in [9.17, 15) is 13.2 Å². The van der Waals surface area contributed by atoms with Gasteiger partial charge in [0.25, 0.3) is 0 Å². The number of nitrogens with zero attached hydrogens (tertiary/aromatic N) is 3. The van der Waals surface area contributed by atoms with E-state index in [0.29, 0.717) is 25.3 Å². The maximum Gasteiger partial charge on any atom is 0.311 e. The Kier molecular flexibility index (Phi) is 6.35. The molecule has 4 rings (SSSR count). The Morgan fingerprint density at radius 1 is 1.23 bits per heavy atom. The van der Waals surface area contributed by atoms with E-state index in [2.05, 4.69) is 14.9 Å². The molecule has 1 aliphatic rings. The highest BCUT2D eigenvalue weighted by atomic mass is 32.2. The number of carbonyl (C=O) groups is 1. The van der Waals surface area contributed by atoms with E-state index in [4.69, 9.17) is 9.15 Å². The minimum atomic E-state index is -3.72. The molecule has 3 aromatic rings. The van der Waals surface area contributed by atoms with Gasteiger partial charge in [-0.05, 0) is 43.5 Å². The Morgan fingerprint density at radius 3 is 2.68 bits per heavy atom. The van der Waals surface area contributed by atoms with E-state index in [1.807, 2.05) is 19.1 Å². The van der Waals surface area contributed by atoms with Crippen molar-refractivity contribution in [2.75, 3.05) is 19.7 Å². The minimum Gasteiger partial charge on any atom is -0.494 e. The van der Waals surface area contributed by atoms with Crippen molar-refractivity contribution in [3.8, 4) is 17.2 Å².